The van der Waals surface area contributed by atoms with Gasteiger partial charge in [0.2, 0.25) is 0 Å². The van der Waals surface area contributed by atoms with Gasteiger partial charge in [0, 0.05) is 11.1 Å². The molecule has 1 amide bonds. The largest absolute Gasteiger partial charge is 0.484 e. The fourth-order valence-electron chi connectivity index (χ4n) is 1.17. The molecular weight excluding hydrogens is 238 g/mol. The van der Waals surface area contributed by atoms with Crippen LogP contribution in [0.4, 0.5) is 0 Å². The van der Waals surface area contributed by atoms with Gasteiger partial charge in [0.25, 0.3) is 5.91 Å². The molecule has 0 saturated heterocycles. The van der Waals surface area contributed by atoms with Crippen molar-refractivity contribution in [3.63, 3.8) is 0 Å². The van der Waals surface area contributed by atoms with Crippen LogP contribution in [0.2, 0.25) is 5.02 Å². The molecule has 1 N–H and O–H groups in total. The van der Waals surface area contributed by atoms with Crippen LogP contribution in [0.25, 0.3) is 0 Å². The molecule has 0 aliphatic heterocycles. The van der Waals surface area contributed by atoms with Crippen LogP contribution < -0.4 is 10.1 Å². The maximum Gasteiger partial charge on any atom is 0.258 e. The van der Waals surface area contributed by atoms with Crippen LogP contribution in [-0.4, -0.2) is 18.6 Å². The number of carbonyl (C=O) groups excluding carboxylic acids is 1. The van der Waals surface area contributed by atoms with Crippen LogP contribution in [0.1, 0.15) is 20.8 Å². The number of halogens is 1. The molecule has 0 heterocycles. The number of hydrogen-bond acceptors (Lipinski definition) is 2. The van der Waals surface area contributed by atoms with Gasteiger partial charge in [-0.3, -0.25) is 4.79 Å². The maximum absolute atomic E-state index is 11.5. The quantitative estimate of drug-likeness (QED) is 0.879. The number of hydrogen-bond donors (Lipinski definition) is 1. The van der Waals surface area contributed by atoms with Crippen molar-refractivity contribution in [1.29, 1.82) is 0 Å². The Labute approximate surface area is 107 Å². The summed E-state index contributed by atoms with van der Waals surface area (Å²) in [6.07, 6.45) is 0. The number of amides is 1. The molecule has 1 atom stereocenters. The van der Waals surface area contributed by atoms with Gasteiger partial charge in [-0.05, 0) is 31.0 Å². The summed E-state index contributed by atoms with van der Waals surface area (Å²) in [5, 5.41) is 3.46. The van der Waals surface area contributed by atoms with Crippen molar-refractivity contribution in [2.24, 2.45) is 5.92 Å². The zero-order valence-corrected chi connectivity index (χ0v) is 11.1. The van der Waals surface area contributed by atoms with E-state index in [1.807, 2.05) is 6.92 Å². The minimum atomic E-state index is -0.119. The Balaban J connectivity index is 2.38. The second-order valence-electron chi connectivity index (χ2n) is 4.35. The Morgan fingerprint density at radius 3 is 2.71 bits per heavy atom. The minimum Gasteiger partial charge on any atom is -0.484 e. The van der Waals surface area contributed by atoms with Gasteiger partial charge in [-0.25, -0.2) is 0 Å². The van der Waals surface area contributed by atoms with E-state index in [-0.39, 0.29) is 18.6 Å². The van der Waals surface area contributed by atoms with Crippen molar-refractivity contribution in [2.75, 3.05) is 6.61 Å². The van der Waals surface area contributed by atoms with Gasteiger partial charge < -0.3 is 10.1 Å². The predicted octanol–water partition coefficient (Wildman–Crippen LogP) is 2.88. The van der Waals surface area contributed by atoms with Crippen LogP contribution in [0.3, 0.4) is 0 Å². The van der Waals surface area contributed by atoms with E-state index in [1.54, 1.807) is 24.3 Å². The van der Waals surface area contributed by atoms with Gasteiger partial charge >= 0.3 is 0 Å². The molecule has 0 aliphatic carbocycles. The summed E-state index contributed by atoms with van der Waals surface area (Å²) in [7, 11) is 0. The monoisotopic (exact) mass is 255 g/mol. The van der Waals surface area contributed by atoms with Crippen LogP contribution in [-0.2, 0) is 4.79 Å². The first-order valence-corrected chi connectivity index (χ1v) is 6.04. The van der Waals surface area contributed by atoms with E-state index in [1.165, 1.54) is 0 Å². The Kier molecular flexibility index (Phi) is 5.29. The molecule has 1 rings (SSSR count). The van der Waals surface area contributed by atoms with Crippen molar-refractivity contribution in [2.45, 2.75) is 26.8 Å². The molecule has 17 heavy (non-hydrogen) atoms. The molecule has 1 aromatic carbocycles. The molecule has 0 aromatic heterocycles. The Bertz CT molecular complexity index is 379. The predicted molar refractivity (Wildman–Crippen MR) is 69.4 cm³/mol. The topological polar surface area (TPSA) is 38.3 Å². The minimum absolute atomic E-state index is 0.0113. The summed E-state index contributed by atoms with van der Waals surface area (Å²) in [4.78, 5) is 11.5. The zero-order valence-electron chi connectivity index (χ0n) is 10.4. The molecule has 0 bridgehead atoms. The summed E-state index contributed by atoms with van der Waals surface area (Å²) < 4.78 is 5.33. The Hall–Kier alpha value is -1.22. The SMILES string of the molecule is CC(C)C(C)NC(=O)COc1cccc(Cl)c1. The maximum atomic E-state index is 11.5. The normalized spacial score (nSPS) is 12.3. The van der Waals surface area contributed by atoms with Crippen LogP contribution in [0.15, 0.2) is 24.3 Å². The molecular formula is C13H18ClNO2. The van der Waals surface area contributed by atoms with Crippen LogP contribution in [0.5, 0.6) is 5.75 Å². The third-order valence-corrected chi connectivity index (χ3v) is 2.79. The Morgan fingerprint density at radius 1 is 1.41 bits per heavy atom. The highest BCUT2D eigenvalue weighted by atomic mass is 35.5. The number of carbonyl (C=O) groups is 1. The summed E-state index contributed by atoms with van der Waals surface area (Å²) in [6, 6.07) is 7.14. The van der Waals surface area contributed by atoms with Crippen molar-refractivity contribution in [3.05, 3.63) is 29.3 Å². The van der Waals surface area contributed by atoms with Gasteiger partial charge in [0.15, 0.2) is 6.61 Å². The smallest absolute Gasteiger partial charge is 0.258 e. The fourth-order valence-corrected chi connectivity index (χ4v) is 1.35. The van der Waals surface area contributed by atoms with Gasteiger partial charge in [-0.1, -0.05) is 31.5 Å². The summed E-state index contributed by atoms with van der Waals surface area (Å²) in [5.74, 6) is 0.890. The van der Waals surface area contributed by atoms with E-state index < -0.39 is 0 Å². The first-order chi connectivity index (χ1) is 7.99. The third-order valence-electron chi connectivity index (χ3n) is 2.55. The van der Waals surface area contributed by atoms with E-state index in [0.29, 0.717) is 16.7 Å². The van der Waals surface area contributed by atoms with E-state index >= 15 is 0 Å². The molecule has 4 heteroatoms. The first kappa shape index (κ1) is 13.8. The molecule has 0 saturated carbocycles. The number of benzene rings is 1. The lowest BCUT2D eigenvalue weighted by atomic mass is 10.1. The van der Waals surface area contributed by atoms with Crippen molar-refractivity contribution in [3.8, 4) is 5.75 Å². The molecule has 94 valence electrons. The van der Waals surface area contributed by atoms with Crippen molar-refractivity contribution in [1.82, 2.24) is 5.32 Å². The van der Waals surface area contributed by atoms with Crippen molar-refractivity contribution >= 4 is 17.5 Å². The summed E-state index contributed by atoms with van der Waals surface area (Å²) >= 11 is 5.81. The van der Waals surface area contributed by atoms with Gasteiger partial charge in [-0.15, -0.1) is 0 Å². The highest BCUT2D eigenvalue weighted by Gasteiger charge is 2.10. The molecule has 0 spiro atoms. The highest BCUT2D eigenvalue weighted by Crippen LogP contribution is 2.16. The summed E-state index contributed by atoms with van der Waals surface area (Å²) in [5.41, 5.74) is 0. The molecule has 3 nitrogen and oxygen atoms in total. The lowest BCUT2D eigenvalue weighted by molar-refractivity contribution is -0.124. The average Bonchev–Trinajstić information content (AvgIpc) is 2.26. The molecule has 1 aromatic rings. The zero-order chi connectivity index (χ0) is 12.8. The first-order valence-electron chi connectivity index (χ1n) is 5.66. The lowest BCUT2D eigenvalue weighted by Crippen LogP contribution is -2.38. The second-order valence-corrected chi connectivity index (χ2v) is 4.78. The summed E-state index contributed by atoms with van der Waals surface area (Å²) in [6.45, 7) is 6.10. The van der Waals surface area contributed by atoms with Gasteiger partial charge in [0.05, 0.1) is 0 Å². The molecule has 1 unspecified atom stereocenters. The second kappa shape index (κ2) is 6.50. The Morgan fingerprint density at radius 2 is 2.12 bits per heavy atom. The van der Waals surface area contributed by atoms with E-state index in [4.69, 9.17) is 16.3 Å². The molecule has 0 radical (unpaired) electrons. The fraction of sp³-hybridized carbons (Fsp3) is 0.462. The van der Waals surface area contributed by atoms with Crippen LogP contribution in [0, 0.1) is 5.92 Å². The number of rotatable bonds is 5. The average molecular weight is 256 g/mol. The number of ether oxygens (including phenoxy) is 1. The van der Waals surface area contributed by atoms with Gasteiger partial charge in [-0.2, -0.15) is 0 Å². The van der Waals surface area contributed by atoms with Crippen molar-refractivity contribution < 1.29 is 9.53 Å². The van der Waals surface area contributed by atoms with E-state index in [9.17, 15) is 4.79 Å². The number of nitrogens with one attached hydrogen (secondary N) is 1. The lowest BCUT2D eigenvalue weighted by Gasteiger charge is -2.17. The third kappa shape index (κ3) is 5.09. The van der Waals surface area contributed by atoms with E-state index in [2.05, 4.69) is 19.2 Å². The van der Waals surface area contributed by atoms with Gasteiger partial charge in [0.1, 0.15) is 5.75 Å². The van der Waals surface area contributed by atoms with E-state index in [0.717, 1.165) is 0 Å². The van der Waals surface area contributed by atoms with Crippen LogP contribution >= 0.6 is 11.6 Å². The molecule has 0 fully saturated rings. The molecule has 0 aliphatic rings. The highest BCUT2D eigenvalue weighted by molar-refractivity contribution is 6.30. The standard InChI is InChI=1S/C13H18ClNO2/c1-9(2)10(3)15-13(16)8-17-12-6-4-5-11(14)7-12/h4-7,9-10H,8H2,1-3H3,(H,15,16).